The maximum atomic E-state index is 12.1. The average molecular weight is 311 g/mol. The van der Waals surface area contributed by atoms with Crippen molar-refractivity contribution in [3.05, 3.63) is 64.5 Å². The van der Waals surface area contributed by atoms with Crippen molar-refractivity contribution in [2.75, 3.05) is 6.61 Å². The summed E-state index contributed by atoms with van der Waals surface area (Å²) in [5.74, 6) is -0.715. The second-order valence-corrected chi connectivity index (χ2v) is 5.62. The Morgan fingerprint density at radius 1 is 1.13 bits per heavy atom. The highest BCUT2D eigenvalue weighted by molar-refractivity contribution is 6.00. The molecule has 0 amide bonds. The summed E-state index contributed by atoms with van der Waals surface area (Å²) in [7, 11) is 1.90. The van der Waals surface area contributed by atoms with Crippen LogP contribution in [0, 0.1) is 20.8 Å². The number of benzene rings is 1. The standard InChI is InChI=1S/C19H21NO3/c1-13-5-7-16(8-6-13)9-10-19(22)23-12-18(21)17-11-14(2)20(4)15(17)3/h5-11H,12H2,1-4H3/b10-9+. The number of aryl methyl sites for hydroxylation is 2. The molecule has 4 nitrogen and oxygen atoms in total. The van der Waals surface area contributed by atoms with Gasteiger partial charge in [0.1, 0.15) is 0 Å². The monoisotopic (exact) mass is 311 g/mol. The van der Waals surface area contributed by atoms with Gasteiger partial charge in [0.15, 0.2) is 6.61 Å². The van der Waals surface area contributed by atoms with E-state index in [0.29, 0.717) is 5.56 Å². The minimum Gasteiger partial charge on any atom is -0.454 e. The normalized spacial score (nSPS) is 11.0. The number of aromatic nitrogens is 1. The molecule has 0 bridgehead atoms. The molecule has 1 aromatic carbocycles. The van der Waals surface area contributed by atoms with Gasteiger partial charge >= 0.3 is 5.97 Å². The molecule has 0 radical (unpaired) electrons. The largest absolute Gasteiger partial charge is 0.454 e. The Hall–Kier alpha value is -2.62. The SMILES string of the molecule is Cc1ccc(/C=C/C(=O)OCC(=O)c2cc(C)n(C)c2C)cc1. The van der Waals surface area contributed by atoms with Gasteiger partial charge in [-0.2, -0.15) is 0 Å². The summed E-state index contributed by atoms with van der Waals surface area (Å²) in [6.07, 6.45) is 3.01. The molecule has 0 N–H and O–H groups in total. The third-order valence-corrected chi connectivity index (χ3v) is 3.91. The van der Waals surface area contributed by atoms with Crippen molar-refractivity contribution < 1.29 is 14.3 Å². The topological polar surface area (TPSA) is 48.3 Å². The number of nitrogens with zero attached hydrogens (tertiary/aromatic N) is 1. The second kappa shape index (κ2) is 7.09. The molecule has 1 heterocycles. The first-order chi connectivity index (χ1) is 10.9. The lowest BCUT2D eigenvalue weighted by molar-refractivity contribution is -0.136. The fourth-order valence-corrected chi connectivity index (χ4v) is 2.24. The molecule has 0 atom stereocenters. The lowest BCUT2D eigenvalue weighted by atomic mass is 10.1. The molecule has 0 aliphatic carbocycles. The van der Waals surface area contributed by atoms with Crippen LogP contribution in [0.4, 0.5) is 0 Å². The number of hydrogen-bond donors (Lipinski definition) is 0. The maximum absolute atomic E-state index is 12.1. The Morgan fingerprint density at radius 2 is 1.78 bits per heavy atom. The molecular weight excluding hydrogens is 290 g/mol. The molecule has 0 unspecified atom stereocenters. The highest BCUT2D eigenvalue weighted by Gasteiger charge is 2.15. The van der Waals surface area contributed by atoms with Gasteiger partial charge in [-0.15, -0.1) is 0 Å². The fourth-order valence-electron chi connectivity index (χ4n) is 2.24. The predicted octanol–water partition coefficient (Wildman–Crippen LogP) is 3.39. The highest BCUT2D eigenvalue weighted by Crippen LogP contribution is 2.14. The van der Waals surface area contributed by atoms with E-state index < -0.39 is 5.97 Å². The zero-order chi connectivity index (χ0) is 17.0. The minimum absolute atomic E-state index is 0.191. The van der Waals surface area contributed by atoms with Gasteiger partial charge in [-0.3, -0.25) is 4.79 Å². The molecular formula is C19H21NO3. The van der Waals surface area contributed by atoms with Crippen molar-refractivity contribution in [2.45, 2.75) is 20.8 Å². The van der Waals surface area contributed by atoms with Gasteiger partial charge in [0.25, 0.3) is 0 Å². The highest BCUT2D eigenvalue weighted by atomic mass is 16.5. The molecule has 0 spiro atoms. The Labute approximate surface area is 136 Å². The number of rotatable bonds is 5. The van der Waals surface area contributed by atoms with Crippen molar-refractivity contribution in [3.8, 4) is 0 Å². The van der Waals surface area contributed by atoms with Crippen LogP contribution in [0.15, 0.2) is 36.4 Å². The second-order valence-electron chi connectivity index (χ2n) is 5.62. The summed E-state index contributed by atoms with van der Waals surface area (Å²) in [5.41, 5.74) is 4.53. The van der Waals surface area contributed by atoms with Gasteiger partial charge in [0, 0.05) is 30.1 Å². The molecule has 2 aromatic rings. The van der Waals surface area contributed by atoms with Crippen molar-refractivity contribution >= 4 is 17.8 Å². The summed E-state index contributed by atoms with van der Waals surface area (Å²) in [6, 6.07) is 9.58. The van der Waals surface area contributed by atoms with E-state index in [-0.39, 0.29) is 12.4 Å². The number of esters is 1. The van der Waals surface area contributed by atoms with Gasteiger partial charge in [0.2, 0.25) is 5.78 Å². The molecule has 4 heteroatoms. The zero-order valence-electron chi connectivity index (χ0n) is 13.9. The maximum Gasteiger partial charge on any atom is 0.331 e. The summed E-state index contributed by atoms with van der Waals surface area (Å²) in [4.78, 5) is 23.8. The number of ketones is 1. The first kappa shape index (κ1) is 16.7. The van der Waals surface area contributed by atoms with Crippen LogP contribution in [0.1, 0.15) is 32.9 Å². The number of carbonyl (C=O) groups is 2. The third kappa shape index (κ3) is 4.19. The van der Waals surface area contributed by atoms with Crippen molar-refractivity contribution in [3.63, 3.8) is 0 Å². The number of ether oxygens (including phenoxy) is 1. The van der Waals surface area contributed by atoms with Gasteiger partial charge in [-0.05, 0) is 38.5 Å². The average Bonchev–Trinajstić information content (AvgIpc) is 2.79. The lowest BCUT2D eigenvalue weighted by Gasteiger charge is -2.03. The summed E-state index contributed by atoms with van der Waals surface area (Å²) in [6.45, 7) is 5.56. The van der Waals surface area contributed by atoms with E-state index in [1.807, 2.05) is 62.7 Å². The summed E-state index contributed by atoms with van der Waals surface area (Å²) in [5, 5.41) is 0. The first-order valence-corrected chi connectivity index (χ1v) is 7.46. The van der Waals surface area contributed by atoms with E-state index in [1.54, 1.807) is 6.08 Å². The molecule has 2 rings (SSSR count). The molecule has 23 heavy (non-hydrogen) atoms. The minimum atomic E-state index is -0.524. The van der Waals surface area contributed by atoms with E-state index in [0.717, 1.165) is 22.5 Å². The lowest BCUT2D eigenvalue weighted by Crippen LogP contribution is -2.13. The van der Waals surface area contributed by atoms with Gasteiger partial charge in [-0.1, -0.05) is 29.8 Å². The number of Topliss-reactive ketones (excluding diaryl/α,β-unsaturated/α-hetero) is 1. The molecule has 1 aromatic heterocycles. The van der Waals surface area contributed by atoms with Crippen LogP contribution < -0.4 is 0 Å². The van der Waals surface area contributed by atoms with Crippen LogP contribution in [0.25, 0.3) is 6.08 Å². The van der Waals surface area contributed by atoms with Crippen molar-refractivity contribution in [1.82, 2.24) is 4.57 Å². The quantitative estimate of drug-likeness (QED) is 0.483. The predicted molar refractivity (Wildman–Crippen MR) is 90.4 cm³/mol. The van der Waals surface area contributed by atoms with Crippen molar-refractivity contribution in [1.29, 1.82) is 0 Å². The fraction of sp³-hybridized carbons (Fsp3) is 0.263. The molecule has 0 saturated heterocycles. The van der Waals surface area contributed by atoms with Crippen LogP contribution >= 0.6 is 0 Å². The Kier molecular flexibility index (Phi) is 5.16. The molecule has 0 saturated carbocycles. The third-order valence-electron chi connectivity index (χ3n) is 3.91. The van der Waals surface area contributed by atoms with Crippen LogP contribution in [0.3, 0.4) is 0 Å². The Morgan fingerprint density at radius 3 is 2.35 bits per heavy atom. The molecule has 0 aliphatic heterocycles. The van der Waals surface area contributed by atoms with E-state index in [1.165, 1.54) is 6.08 Å². The van der Waals surface area contributed by atoms with Crippen molar-refractivity contribution in [2.24, 2.45) is 7.05 Å². The Bertz CT molecular complexity index is 752. The number of carbonyl (C=O) groups excluding carboxylic acids is 2. The first-order valence-electron chi connectivity index (χ1n) is 7.46. The molecule has 0 fully saturated rings. The van der Waals surface area contributed by atoms with Crippen LogP contribution in [0.5, 0.6) is 0 Å². The van der Waals surface area contributed by atoms with Crippen LogP contribution in [-0.4, -0.2) is 22.9 Å². The molecule has 0 aliphatic rings. The Balaban J connectivity index is 1.92. The van der Waals surface area contributed by atoms with E-state index in [4.69, 9.17) is 4.74 Å². The summed E-state index contributed by atoms with van der Waals surface area (Å²) < 4.78 is 6.96. The van der Waals surface area contributed by atoms with Gasteiger partial charge in [-0.25, -0.2) is 4.79 Å². The number of hydrogen-bond acceptors (Lipinski definition) is 3. The van der Waals surface area contributed by atoms with E-state index in [9.17, 15) is 9.59 Å². The van der Waals surface area contributed by atoms with Crippen LogP contribution in [0.2, 0.25) is 0 Å². The zero-order valence-corrected chi connectivity index (χ0v) is 13.9. The van der Waals surface area contributed by atoms with Gasteiger partial charge in [0.05, 0.1) is 0 Å². The van der Waals surface area contributed by atoms with E-state index >= 15 is 0 Å². The molecule has 120 valence electrons. The van der Waals surface area contributed by atoms with Gasteiger partial charge < -0.3 is 9.30 Å². The smallest absolute Gasteiger partial charge is 0.331 e. The van der Waals surface area contributed by atoms with E-state index in [2.05, 4.69) is 0 Å². The van der Waals surface area contributed by atoms with Crippen LogP contribution in [-0.2, 0) is 16.6 Å². The summed E-state index contributed by atoms with van der Waals surface area (Å²) >= 11 is 0.